The van der Waals surface area contributed by atoms with Gasteiger partial charge in [0.05, 0.1) is 23.8 Å². The topological polar surface area (TPSA) is 94.3 Å². The second kappa shape index (κ2) is 10.6. The number of hydrogen-bond donors (Lipinski definition) is 0. The lowest BCUT2D eigenvalue weighted by atomic mass is 10.1. The van der Waals surface area contributed by atoms with Gasteiger partial charge >= 0.3 is 0 Å². The SMILES string of the molecule is COc1cc(C)c(N=CC2Cc3ccccc3N2C=O)cc1OCc1cc(CCl)cc([N+](=O)[O-])c1. The second-order valence-electron chi connectivity index (χ2n) is 8.17. The predicted molar refractivity (Wildman–Crippen MR) is 135 cm³/mol. The summed E-state index contributed by atoms with van der Waals surface area (Å²) in [7, 11) is 1.54. The number of carbonyl (C=O) groups excluding carboxylic acids is 1. The average Bonchev–Trinajstić information content (AvgIpc) is 3.24. The Hall–Kier alpha value is -3.91. The van der Waals surface area contributed by atoms with Crippen molar-refractivity contribution >= 4 is 41.3 Å². The summed E-state index contributed by atoms with van der Waals surface area (Å²) < 4.78 is 11.4. The molecule has 8 nitrogen and oxygen atoms in total. The van der Waals surface area contributed by atoms with E-state index in [2.05, 4.69) is 4.99 Å². The van der Waals surface area contributed by atoms with Crippen LogP contribution in [0.25, 0.3) is 0 Å². The van der Waals surface area contributed by atoms with Crippen molar-refractivity contribution in [3.8, 4) is 11.5 Å². The van der Waals surface area contributed by atoms with Crippen molar-refractivity contribution in [2.75, 3.05) is 12.0 Å². The minimum atomic E-state index is -0.456. The van der Waals surface area contributed by atoms with Gasteiger partial charge in [-0.15, -0.1) is 11.6 Å². The van der Waals surface area contributed by atoms with Gasteiger partial charge in [0.15, 0.2) is 11.5 Å². The van der Waals surface area contributed by atoms with E-state index in [-0.39, 0.29) is 24.2 Å². The van der Waals surface area contributed by atoms with Crippen LogP contribution in [-0.2, 0) is 23.7 Å². The number of aliphatic imine (C=N–C) groups is 1. The number of amides is 1. The lowest BCUT2D eigenvalue weighted by molar-refractivity contribution is -0.385. The number of nitrogens with zero attached hydrogens (tertiary/aromatic N) is 3. The van der Waals surface area contributed by atoms with Crippen molar-refractivity contribution in [2.45, 2.75) is 31.9 Å². The van der Waals surface area contributed by atoms with Crippen molar-refractivity contribution in [1.29, 1.82) is 0 Å². The summed E-state index contributed by atoms with van der Waals surface area (Å²) in [5.41, 5.74) is 4.75. The molecule has 1 unspecified atom stereocenters. The number of carbonyl (C=O) groups is 1. The fraction of sp³-hybridized carbons (Fsp3) is 0.231. The third-order valence-electron chi connectivity index (χ3n) is 5.83. The van der Waals surface area contributed by atoms with Gasteiger partial charge in [-0.05, 0) is 41.3 Å². The smallest absolute Gasteiger partial charge is 0.270 e. The molecule has 3 aromatic rings. The van der Waals surface area contributed by atoms with Crippen LogP contribution in [0, 0.1) is 17.0 Å². The maximum atomic E-state index is 11.7. The molecule has 0 saturated carbocycles. The largest absolute Gasteiger partial charge is 0.493 e. The van der Waals surface area contributed by atoms with Crippen molar-refractivity contribution in [3.05, 3.63) is 87.0 Å². The number of benzene rings is 3. The highest BCUT2D eigenvalue weighted by Crippen LogP contribution is 2.36. The minimum absolute atomic E-state index is 0.0415. The average molecular weight is 494 g/mol. The summed E-state index contributed by atoms with van der Waals surface area (Å²) in [5, 5.41) is 11.2. The second-order valence-corrected chi connectivity index (χ2v) is 8.43. The van der Waals surface area contributed by atoms with Gasteiger partial charge in [0.25, 0.3) is 5.69 Å². The highest BCUT2D eigenvalue weighted by Gasteiger charge is 2.27. The summed E-state index contributed by atoms with van der Waals surface area (Å²) >= 11 is 5.89. The summed E-state index contributed by atoms with van der Waals surface area (Å²) in [6.07, 6.45) is 3.28. The highest BCUT2D eigenvalue weighted by molar-refractivity contribution is 6.17. The van der Waals surface area contributed by atoms with Gasteiger partial charge < -0.3 is 14.4 Å². The fourth-order valence-electron chi connectivity index (χ4n) is 4.10. The normalized spacial score (nSPS) is 14.7. The zero-order chi connectivity index (χ0) is 24.9. The molecule has 0 saturated heterocycles. The Kier molecular flexibility index (Phi) is 7.31. The molecule has 0 N–H and O–H groups in total. The molecule has 9 heteroatoms. The van der Waals surface area contributed by atoms with Crippen LogP contribution in [0.5, 0.6) is 11.5 Å². The summed E-state index contributed by atoms with van der Waals surface area (Å²) in [6, 6.07) is 15.9. The van der Waals surface area contributed by atoms with Crippen LogP contribution in [-0.4, -0.2) is 30.7 Å². The van der Waals surface area contributed by atoms with Gasteiger partial charge in [-0.3, -0.25) is 19.9 Å². The molecule has 180 valence electrons. The van der Waals surface area contributed by atoms with Gasteiger partial charge in [0.1, 0.15) is 6.61 Å². The Balaban J connectivity index is 1.57. The number of aryl methyl sites for hydroxylation is 1. The Morgan fingerprint density at radius 3 is 2.66 bits per heavy atom. The number of para-hydroxylation sites is 1. The fourth-order valence-corrected chi connectivity index (χ4v) is 4.25. The first-order valence-electron chi connectivity index (χ1n) is 10.9. The number of nitro benzene ring substituents is 1. The predicted octanol–water partition coefficient (Wildman–Crippen LogP) is 5.52. The van der Waals surface area contributed by atoms with Crippen LogP contribution in [0.1, 0.15) is 22.3 Å². The number of halogens is 1. The van der Waals surface area contributed by atoms with Crippen LogP contribution < -0.4 is 14.4 Å². The Morgan fingerprint density at radius 2 is 1.94 bits per heavy atom. The number of fused-ring (bicyclic) bond motifs is 1. The van der Waals surface area contributed by atoms with Gasteiger partial charge in [-0.2, -0.15) is 0 Å². The maximum Gasteiger partial charge on any atom is 0.270 e. The van der Waals surface area contributed by atoms with E-state index in [9.17, 15) is 14.9 Å². The molecular weight excluding hydrogens is 470 g/mol. The van der Waals surface area contributed by atoms with E-state index >= 15 is 0 Å². The molecule has 1 amide bonds. The molecule has 0 fully saturated rings. The molecule has 1 aliphatic heterocycles. The molecular formula is C26H24ClN3O5. The number of anilines is 1. The molecule has 35 heavy (non-hydrogen) atoms. The number of alkyl halides is 1. The summed E-state index contributed by atoms with van der Waals surface area (Å²) in [4.78, 5) is 28.8. The van der Waals surface area contributed by atoms with Crippen LogP contribution in [0.3, 0.4) is 0 Å². The molecule has 4 rings (SSSR count). The lowest BCUT2D eigenvalue weighted by Crippen LogP contribution is -2.31. The van der Waals surface area contributed by atoms with E-state index in [1.807, 2.05) is 37.3 Å². The highest BCUT2D eigenvalue weighted by atomic mass is 35.5. The number of non-ortho nitro benzene ring substituents is 1. The summed E-state index contributed by atoms with van der Waals surface area (Å²) in [6.45, 7) is 2.00. The first kappa shape index (κ1) is 24.2. The van der Waals surface area contributed by atoms with E-state index in [1.54, 1.807) is 30.4 Å². The van der Waals surface area contributed by atoms with Gasteiger partial charge in [-0.1, -0.05) is 24.3 Å². The Morgan fingerprint density at radius 1 is 1.17 bits per heavy atom. The molecule has 3 aromatic carbocycles. The van der Waals surface area contributed by atoms with Crippen LogP contribution in [0.2, 0.25) is 0 Å². The lowest BCUT2D eigenvalue weighted by Gasteiger charge is -2.17. The number of ether oxygens (including phenoxy) is 2. The van der Waals surface area contributed by atoms with Gasteiger partial charge in [0.2, 0.25) is 6.41 Å². The first-order chi connectivity index (χ1) is 16.9. The van der Waals surface area contributed by atoms with E-state index in [4.69, 9.17) is 21.1 Å². The molecule has 0 radical (unpaired) electrons. The quantitative estimate of drug-likeness (QED) is 0.129. The van der Waals surface area contributed by atoms with Crippen molar-refractivity contribution in [1.82, 2.24) is 0 Å². The van der Waals surface area contributed by atoms with E-state index in [0.29, 0.717) is 34.7 Å². The van der Waals surface area contributed by atoms with Gasteiger partial charge in [-0.25, -0.2) is 0 Å². The Labute approximate surface area is 207 Å². The number of methoxy groups -OCH3 is 1. The molecule has 1 atom stereocenters. The third kappa shape index (κ3) is 5.27. The monoisotopic (exact) mass is 493 g/mol. The van der Waals surface area contributed by atoms with E-state index in [0.717, 1.165) is 23.2 Å². The molecule has 0 bridgehead atoms. The molecule has 0 spiro atoms. The van der Waals surface area contributed by atoms with Crippen molar-refractivity contribution in [3.63, 3.8) is 0 Å². The number of nitro groups is 1. The third-order valence-corrected chi connectivity index (χ3v) is 6.14. The van der Waals surface area contributed by atoms with Crippen LogP contribution in [0.4, 0.5) is 17.1 Å². The minimum Gasteiger partial charge on any atom is -0.493 e. The van der Waals surface area contributed by atoms with Crippen molar-refractivity contribution in [2.24, 2.45) is 4.99 Å². The maximum absolute atomic E-state index is 11.7. The standard InChI is InChI=1S/C26H24ClN3O5/c1-17-7-25(34-2)26(35-15-19-8-18(13-27)9-21(10-19)30(32)33)12-23(17)28-14-22-11-20-5-3-4-6-24(20)29(22)16-31/h3-10,12,14,16,22H,11,13,15H2,1-2H3. The number of rotatable bonds is 9. The molecule has 1 aliphatic rings. The van der Waals surface area contributed by atoms with Crippen LogP contribution >= 0.6 is 11.6 Å². The van der Waals surface area contributed by atoms with Crippen molar-refractivity contribution < 1.29 is 19.2 Å². The molecule has 0 aromatic heterocycles. The Bertz CT molecular complexity index is 1290. The molecule has 0 aliphatic carbocycles. The number of hydrogen-bond acceptors (Lipinski definition) is 6. The van der Waals surface area contributed by atoms with E-state index in [1.165, 1.54) is 12.1 Å². The van der Waals surface area contributed by atoms with E-state index < -0.39 is 4.92 Å². The zero-order valence-corrected chi connectivity index (χ0v) is 20.1. The first-order valence-corrected chi connectivity index (χ1v) is 11.5. The summed E-state index contributed by atoms with van der Waals surface area (Å²) in [5.74, 6) is 1.13. The van der Waals surface area contributed by atoms with Crippen LogP contribution in [0.15, 0.2) is 59.6 Å². The molecule has 1 heterocycles. The zero-order valence-electron chi connectivity index (χ0n) is 19.3. The van der Waals surface area contributed by atoms with Gasteiger partial charge in [0, 0.05) is 42.4 Å².